The molecule has 44 valence electrons. The summed E-state index contributed by atoms with van der Waals surface area (Å²) in [6.45, 7) is -0.649. The molecular formula is C4H5FN2O. The van der Waals surface area contributed by atoms with Crippen molar-refractivity contribution in [1.29, 1.82) is 0 Å². The number of nitrogens with zero attached hydrogens (tertiary/aromatic N) is 1. The van der Waals surface area contributed by atoms with E-state index in [0.717, 1.165) is 0 Å². The van der Waals surface area contributed by atoms with Crippen LogP contribution in [0.1, 0.15) is 5.76 Å². The molecule has 0 amide bonds. The van der Waals surface area contributed by atoms with Crippen molar-refractivity contribution in [2.24, 2.45) is 0 Å². The lowest BCUT2D eigenvalue weighted by Crippen LogP contribution is -1.79. The molecule has 0 fully saturated rings. The predicted octanol–water partition coefficient (Wildman–Crippen LogP) is 0.726. The van der Waals surface area contributed by atoms with Crippen LogP contribution < -0.4 is 5.73 Å². The number of anilines is 1. The summed E-state index contributed by atoms with van der Waals surface area (Å²) in [6, 6.07) is 0.0117. The molecule has 2 N–H and O–H groups in total. The van der Waals surface area contributed by atoms with E-state index >= 15 is 0 Å². The monoisotopic (exact) mass is 116 g/mol. The van der Waals surface area contributed by atoms with Gasteiger partial charge in [-0.3, -0.25) is 0 Å². The van der Waals surface area contributed by atoms with Gasteiger partial charge in [-0.15, -0.1) is 0 Å². The Morgan fingerprint density at radius 1 is 1.88 bits per heavy atom. The molecule has 0 aliphatic carbocycles. The van der Waals surface area contributed by atoms with Gasteiger partial charge in [0.15, 0.2) is 5.76 Å². The molecule has 1 aromatic rings. The zero-order valence-electron chi connectivity index (χ0n) is 4.10. The summed E-state index contributed by atoms with van der Waals surface area (Å²) in [5, 5.41) is 0. The molecule has 3 nitrogen and oxygen atoms in total. The van der Waals surface area contributed by atoms with Gasteiger partial charge in [0, 0.05) is 0 Å². The minimum Gasteiger partial charge on any atom is -0.426 e. The molecule has 0 saturated heterocycles. The van der Waals surface area contributed by atoms with Gasteiger partial charge < -0.3 is 10.2 Å². The number of aromatic nitrogens is 1. The molecule has 1 heterocycles. The third-order valence-corrected chi connectivity index (χ3v) is 0.703. The first kappa shape index (κ1) is 5.08. The van der Waals surface area contributed by atoms with E-state index in [1.807, 2.05) is 0 Å². The van der Waals surface area contributed by atoms with Crippen LogP contribution in [-0.4, -0.2) is 4.98 Å². The third-order valence-electron chi connectivity index (χ3n) is 0.703. The fraction of sp³-hybridized carbons (Fsp3) is 0.250. The van der Waals surface area contributed by atoms with Crippen molar-refractivity contribution < 1.29 is 8.81 Å². The van der Waals surface area contributed by atoms with E-state index in [-0.39, 0.29) is 11.8 Å². The largest absolute Gasteiger partial charge is 0.426 e. The van der Waals surface area contributed by atoms with Gasteiger partial charge in [0.2, 0.25) is 0 Å². The molecule has 0 unspecified atom stereocenters. The number of halogens is 1. The summed E-state index contributed by atoms with van der Waals surface area (Å²) in [6.07, 6.45) is 1.26. The van der Waals surface area contributed by atoms with Gasteiger partial charge in [-0.25, -0.2) is 9.37 Å². The second kappa shape index (κ2) is 1.81. The Balaban J connectivity index is 2.84. The maximum atomic E-state index is 11.5. The van der Waals surface area contributed by atoms with Crippen molar-refractivity contribution in [1.82, 2.24) is 4.98 Å². The molecule has 0 spiro atoms. The molecule has 0 bridgehead atoms. The van der Waals surface area contributed by atoms with Crippen LogP contribution in [0.2, 0.25) is 0 Å². The van der Waals surface area contributed by atoms with Crippen LogP contribution in [0, 0.1) is 0 Å². The van der Waals surface area contributed by atoms with Gasteiger partial charge in [0.1, 0.15) is 6.67 Å². The summed E-state index contributed by atoms with van der Waals surface area (Å²) in [4.78, 5) is 3.46. The van der Waals surface area contributed by atoms with Gasteiger partial charge in [-0.2, -0.15) is 0 Å². The summed E-state index contributed by atoms with van der Waals surface area (Å²) in [7, 11) is 0. The van der Waals surface area contributed by atoms with Crippen LogP contribution in [0.5, 0.6) is 0 Å². The zero-order chi connectivity index (χ0) is 5.98. The Morgan fingerprint density at radius 2 is 2.62 bits per heavy atom. The van der Waals surface area contributed by atoms with Gasteiger partial charge >= 0.3 is 0 Å². The first-order chi connectivity index (χ1) is 3.83. The minimum absolute atomic E-state index is 0.0117. The van der Waals surface area contributed by atoms with Crippen LogP contribution in [-0.2, 0) is 6.67 Å². The van der Waals surface area contributed by atoms with E-state index in [4.69, 9.17) is 5.73 Å². The number of nitrogens with two attached hydrogens (primary N) is 1. The third kappa shape index (κ3) is 0.776. The standard InChI is InChI=1S/C4H5FN2O/c5-1-3-2-7-4(6)8-3/h2H,1H2,(H2,6,7). The Hall–Kier alpha value is -1.06. The van der Waals surface area contributed by atoms with E-state index in [2.05, 4.69) is 9.40 Å². The van der Waals surface area contributed by atoms with Crippen molar-refractivity contribution in [3.05, 3.63) is 12.0 Å². The highest BCUT2D eigenvalue weighted by Gasteiger charge is 1.95. The lowest BCUT2D eigenvalue weighted by molar-refractivity contribution is 0.399. The molecule has 1 aromatic heterocycles. The average molecular weight is 116 g/mol. The maximum Gasteiger partial charge on any atom is 0.292 e. The van der Waals surface area contributed by atoms with E-state index in [1.165, 1.54) is 6.20 Å². The molecule has 1 rings (SSSR count). The van der Waals surface area contributed by atoms with Gasteiger partial charge in [0.05, 0.1) is 6.20 Å². The quantitative estimate of drug-likeness (QED) is 0.588. The molecule has 0 aliphatic rings. The molecule has 4 heteroatoms. The highest BCUT2D eigenvalue weighted by atomic mass is 19.1. The fourth-order valence-electron chi connectivity index (χ4n) is 0.384. The second-order valence-electron chi connectivity index (χ2n) is 1.30. The van der Waals surface area contributed by atoms with E-state index in [1.54, 1.807) is 0 Å². The van der Waals surface area contributed by atoms with E-state index < -0.39 is 6.67 Å². The number of hydrogen-bond donors (Lipinski definition) is 1. The summed E-state index contributed by atoms with van der Waals surface area (Å²) >= 11 is 0. The lowest BCUT2D eigenvalue weighted by Gasteiger charge is -1.78. The molecule has 8 heavy (non-hydrogen) atoms. The Bertz CT molecular complexity index is 174. The summed E-state index contributed by atoms with van der Waals surface area (Å²) < 4.78 is 16.1. The number of nitrogen functional groups attached to an aromatic ring is 1. The van der Waals surface area contributed by atoms with Crippen molar-refractivity contribution in [3.63, 3.8) is 0 Å². The molecule has 0 aliphatic heterocycles. The molecule has 0 atom stereocenters. The van der Waals surface area contributed by atoms with Crippen molar-refractivity contribution in [3.8, 4) is 0 Å². The zero-order valence-corrected chi connectivity index (χ0v) is 4.10. The molecular weight excluding hydrogens is 111 g/mol. The number of hydrogen-bond acceptors (Lipinski definition) is 3. The first-order valence-electron chi connectivity index (χ1n) is 2.09. The average Bonchev–Trinajstić information content (AvgIpc) is 2.14. The van der Waals surface area contributed by atoms with Gasteiger partial charge in [0.25, 0.3) is 6.01 Å². The second-order valence-corrected chi connectivity index (χ2v) is 1.30. The highest BCUT2D eigenvalue weighted by Crippen LogP contribution is 2.04. The van der Waals surface area contributed by atoms with Gasteiger partial charge in [-0.05, 0) is 0 Å². The van der Waals surface area contributed by atoms with Crippen molar-refractivity contribution in [2.75, 3.05) is 5.73 Å². The van der Waals surface area contributed by atoms with Crippen LogP contribution in [0.4, 0.5) is 10.4 Å². The fourth-order valence-corrected chi connectivity index (χ4v) is 0.384. The smallest absolute Gasteiger partial charge is 0.292 e. The number of oxazole rings is 1. The van der Waals surface area contributed by atoms with E-state index in [0.29, 0.717) is 0 Å². The first-order valence-corrected chi connectivity index (χ1v) is 2.09. The minimum atomic E-state index is -0.649. The highest BCUT2D eigenvalue weighted by molar-refractivity contribution is 5.10. The summed E-state index contributed by atoms with van der Waals surface area (Å²) in [5.74, 6) is 0.169. The molecule has 0 saturated carbocycles. The Labute approximate surface area is 45.3 Å². The van der Waals surface area contributed by atoms with Crippen LogP contribution in [0.3, 0.4) is 0 Å². The van der Waals surface area contributed by atoms with Crippen LogP contribution >= 0.6 is 0 Å². The summed E-state index contributed by atoms with van der Waals surface area (Å²) in [5.41, 5.74) is 5.01. The van der Waals surface area contributed by atoms with Crippen molar-refractivity contribution >= 4 is 6.01 Å². The predicted molar refractivity (Wildman–Crippen MR) is 25.7 cm³/mol. The van der Waals surface area contributed by atoms with Crippen LogP contribution in [0.25, 0.3) is 0 Å². The number of alkyl halides is 1. The van der Waals surface area contributed by atoms with Crippen LogP contribution in [0.15, 0.2) is 10.6 Å². The molecule has 0 radical (unpaired) electrons. The normalized spacial score (nSPS) is 9.62. The maximum absolute atomic E-state index is 11.5. The SMILES string of the molecule is Nc1ncc(CF)o1. The Kier molecular flexibility index (Phi) is 1.15. The topological polar surface area (TPSA) is 52.0 Å². The number of rotatable bonds is 1. The van der Waals surface area contributed by atoms with Crippen molar-refractivity contribution in [2.45, 2.75) is 6.67 Å². The van der Waals surface area contributed by atoms with E-state index in [9.17, 15) is 4.39 Å². The lowest BCUT2D eigenvalue weighted by atomic mass is 10.6. The molecule has 0 aromatic carbocycles. The Morgan fingerprint density at radius 3 is 2.88 bits per heavy atom. The van der Waals surface area contributed by atoms with Gasteiger partial charge in [-0.1, -0.05) is 0 Å².